The van der Waals surface area contributed by atoms with Crippen molar-refractivity contribution in [2.24, 2.45) is 4.99 Å². The molecule has 2 aromatic carbocycles. The van der Waals surface area contributed by atoms with Gasteiger partial charge in [-0.3, -0.25) is 0 Å². The van der Waals surface area contributed by atoms with Crippen LogP contribution in [0.4, 0.5) is 0 Å². The SMILES string of the molecule is Cc1ccc(-c2nn(-c3ccccc3)cc2/C=C2\N=C(c3ccccc3)OC2=O)o1. The normalized spacial score (nSPS) is 14.8. The van der Waals surface area contributed by atoms with E-state index in [9.17, 15) is 4.79 Å². The van der Waals surface area contributed by atoms with Gasteiger partial charge in [0.1, 0.15) is 11.5 Å². The van der Waals surface area contributed by atoms with E-state index in [-0.39, 0.29) is 11.6 Å². The number of esters is 1. The molecular weight excluding hydrogens is 378 g/mol. The van der Waals surface area contributed by atoms with Crippen LogP contribution in [-0.2, 0) is 9.53 Å². The number of benzene rings is 2. The van der Waals surface area contributed by atoms with Crippen molar-refractivity contribution in [3.05, 3.63) is 102 Å². The monoisotopic (exact) mass is 395 g/mol. The number of carbonyl (C=O) groups is 1. The molecule has 1 aliphatic heterocycles. The molecule has 0 fully saturated rings. The van der Waals surface area contributed by atoms with Crippen molar-refractivity contribution >= 4 is 17.9 Å². The summed E-state index contributed by atoms with van der Waals surface area (Å²) in [5.74, 6) is 1.19. The smallest absolute Gasteiger partial charge is 0.363 e. The average Bonchev–Trinajstić information content (AvgIpc) is 3.49. The van der Waals surface area contributed by atoms with E-state index in [4.69, 9.17) is 9.15 Å². The highest BCUT2D eigenvalue weighted by molar-refractivity contribution is 6.13. The maximum Gasteiger partial charge on any atom is 0.363 e. The van der Waals surface area contributed by atoms with Crippen LogP contribution < -0.4 is 0 Å². The van der Waals surface area contributed by atoms with Gasteiger partial charge in [0.25, 0.3) is 0 Å². The summed E-state index contributed by atoms with van der Waals surface area (Å²) >= 11 is 0. The van der Waals surface area contributed by atoms with Crippen molar-refractivity contribution in [2.45, 2.75) is 6.92 Å². The lowest BCUT2D eigenvalue weighted by molar-refractivity contribution is -0.129. The second kappa shape index (κ2) is 7.33. The van der Waals surface area contributed by atoms with Gasteiger partial charge in [-0.25, -0.2) is 14.5 Å². The third-order valence-corrected chi connectivity index (χ3v) is 4.67. The van der Waals surface area contributed by atoms with E-state index in [1.165, 1.54) is 0 Å². The first-order chi connectivity index (χ1) is 14.7. The number of cyclic esters (lactones) is 1. The van der Waals surface area contributed by atoms with E-state index in [0.717, 1.165) is 17.0 Å². The molecule has 0 amide bonds. The third kappa shape index (κ3) is 3.35. The maximum absolute atomic E-state index is 12.4. The molecule has 0 saturated heterocycles. The predicted octanol–water partition coefficient (Wildman–Crippen LogP) is 4.79. The Morgan fingerprint density at radius 2 is 1.67 bits per heavy atom. The minimum atomic E-state index is -0.497. The van der Waals surface area contributed by atoms with E-state index >= 15 is 0 Å². The van der Waals surface area contributed by atoms with E-state index < -0.39 is 5.97 Å². The fraction of sp³-hybridized carbons (Fsp3) is 0.0417. The van der Waals surface area contributed by atoms with Gasteiger partial charge in [0.2, 0.25) is 5.90 Å². The molecular formula is C24H17N3O3. The summed E-state index contributed by atoms with van der Waals surface area (Å²) in [6.45, 7) is 1.88. The zero-order valence-electron chi connectivity index (χ0n) is 16.1. The number of hydrogen-bond acceptors (Lipinski definition) is 5. The number of ether oxygens (including phenoxy) is 1. The molecule has 0 unspecified atom stereocenters. The van der Waals surface area contributed by atoms with Gasteiger partial charge in [-0.2, -0.15) is 5.10 Å². The van der Waals surface area contributed by atoms with Crippen molar-refractivity contribution < 1.29 is 13.9 Å². The van der Waals surface area contributed by atoms with Gasteiger partial charge in [0.05, 0.1) is 5.69 Å². The highest BCUT2D eigenvalue weighted by atomic mass is 16.6. The molecule has 30 heavy (non-hydrogen) atoms. The molecule has 0 bridgehead atoms. The molecule has 5 rings (SSSR count). The molecule has 3 heterocycles. The Labute approximate surface area is 172 Å². The lowest BCUT2D eigenvalue weighted by Gasteiger charge is -1.98. The van der Waals surface area contributed by atoms with Crippen LogP contribution in [0.5, 0.6) is 0 Å². The standard InChI is InChI=1S/C24H17N3O3/c1-16-12-13-21(29-16)22-18(15-27(26-22)19-10-6-3-7-11-19)14-20-24(28)30-23(25-20)17-8-4-2-5-9-17/h2-15H,1H3/b20-14-. The van der Waals surface area contributed by atoms with Gasteiger partial charge in [-0.05, 0) is 49.4 Å². The fourth-order valence-electron chi connectivity index (χ4n) is 3.22. The number of furan rings is 1. The van der Waals surface area contributed by atoms with Gasteiger partial charge in [0, 0.05) is 17.3 Å². The maximum atomic E-state index is 12.4. The molecule has 4 aromatic rings. The Morgan fingerprint density at radius 1 is 0.933 bits per heavy atom. The minimum Gasteiger partial charge on any atom is -0.460 e. The van der Waals surface area contributed by atoms with Crippen molar-refractivity contribution in [3.8, 4) is 17.1 Å². The lowest BCUT2D eigenvalue weighted by Crippen LogP contribution is -2.04. The van der Waals surface area contributed by atoms with Crippen LogP contribution in [-0.4, -0.2) is 21.6 Å². The quantitative estimate of drug-likeness (QED) is 0.368. The van der Waals surface area contributed by atoms with Crippen LogP contribution in [0.1, 0.15) is 16.9 Å². The second-order valence-corrected chi connectivity index (χ2v) is 6.83. The molecule has 2 aromatic heterocycles. The lowest BCUT2D eigenvalue weighted by atomic mass is 10.2. The first-order valence-electron chi connectivity index (χ1n) is 9.47. The molecule has 0 aliphatic carbocycles. The molecule has 0 N–H and O–H groups in total. The van der Waals surface area contributed by atoms with Crippen LogP contribution in [0.15, 0.2) is 94.1 Å². The minimum absolute atomic E-state index is 0.214. The highest BCUT2D eigenvalue weighted by Gasteiger charge is 2.25. The Morgan fingerprint density at radius 3 is 2.37 bits per heavy atom. The summed E-state index contributed by atoms with van der Waals surface area (Å²) in [6, 6.07) is 22.8. The van der Waals surface area contributed by atoms with Crippen molar-refractivity contribution in [2.75, 3.05) is 0 Å². The number of para-hydroxylation sites is 1. The number of aromatic nitrogens is 2. The van der Waals surface area contributed by atoms with Gasteiger partial charge < -0.3 is 9.15 Å². The fourth-order valence-corrected chi connectivity index (χ4v) is 3.22. The van der Waals surface area contributed by atoms with Crippen molar-refractivity contribution in [3.63, 3.8) is 0 Å². The Kier molecular flexibility index (Phi) is 4.37. The molecule has 0 atom stereocenters. The average molecular weight is 395 g/mol. The van der Waals surface area contributed by atoms with Gasteiger partial charge in [0.15, 0.2) is 11.5 Å². The first-order valence-corrected chi connectivity index (χ1v) is 9.47. The molecule has 0 saturated carbocycles. The summed E-state index contributed by atoms with van der Waals surface area (Å²) in [6.07, 6.45) is 3.52. The molecule has 0 radical (unpaired) electrons. The van der Waals surface area contributed by atoms with Crippen molar-refractivity contribution in [1.29, 1.82) is 0 Å². The molecule has 1 aliphatic rings. The van der Waals surface area contributed by atoms with Gasteiger partial charge in [-0.15, -0.1) is 0 Å². The van der Waals surface area contributed by atoms with Crippen LogP contribution in [0.3, 0.4) is 0 Å². The van der Waals surface area contributed by atoms with Gasteiger partial charge >= 0.3 is 5.97 Å². The van der Waals surface area contributed by atoms with Crippen LogP contribution in [0.25, 0.3) is 23.2 Å². The van der Waals surface area contributed by atoms with Crippen LogP contribution in [0.2, 0.25) is 0 Å². The summed E-state index contributed by atoms with van der Waals surface area (Å²) in [7, 11) is 0. The van der Waals surface area contributed by atoms with E-state index in [2.05, 4.69) is 10.1 Å². The number of aryl methyl sites for hydroxylation is 1. The summed E-state index contributed by atoms with van der Waals surface area (Å²) in [4.78, 5) is 16.8. The molecule has 0 spiro atoms. The zero-order chi connectivity index (χ0) is 20.5. The van der Waals surface area contributed by atoms with E-state index in [1.807, 2.05) is 85.9 Å². The molecule has 6 heteroatoms. The number of aliphatic imine (C=N–C) groups is 1. The van der Waals surface area contributed by atoms with Crippen LogP contribution >= 0.6 is 0 Å². The summed E-state index contributed by atoms with van der Waals surface area (Å²) in [5.41, 5.74) is 3.19. The second-order valence-electron chi connectivity index (χ2n) is 6.83. The zero-order valence-corrected chi connectivity index (χ0v) is 16.1. The van der Waals surface area contributed by atoms with E-state index in [1.54, 1.807) is 10.8 Å². The Hall–Kier alpha value is -4.19. The van der Waals surface area contributed by atoms with Gasteiger partial charge in [-0.1, -0.05) is 36.4 Å². The van der Waals surface area contributed by atoms with Crippen molar-refractivity contribution in [1.82, 2.24) is 9.78 Å². The van der Waals surface area contributed by atoms with E-state index in [0.29, 0.717) is 17.0 Å². The number of hydrogen-bond donors (Lipinski definition) is 0. The predicted molar refractivity (Wildman–Crippen MR) is 113 cm³/mol. The topological polar surface area (TPSA) is 69.6 Å². The number of nitrogens with zero attached hydrogens (tertiary/aromatic N) is 3. The Balaban J connectivity index is 1.60. The molecule has 6 nitrogen and oxygen atoms in total. The third-order valence-electron chi connectivity index (χ3n) is 4.67. The largest absolute Gasteiger partial charge is 0.460 e. The summed E-state index contributed by atoms with van der Waals surface area (Å²) in [5, 5.41) is 4.69. The highest BCUT2D eigenvalue weighted by Crippen LogP contribution is 2.29. The number of carbonyl (C=O) groups excluding carboxylic acids is 1. The first kappa shape index (κ1) is 17.9. The Bertz CT molecular complexity index is 1280. The summed E-state index contributed by atoms with van der Waals surface area (Å²) < 4.78 is 12.9. The van der Waals surface area contributed by atoms with Crippen LogP contribution in [0, 0.1) is 6.92 Å². The number of rotatable bonds is 4. The molecule has 146 valence electrons.